The molecule has 0 radical (unpaired) electrons. The van der Waals surface area contributed by atoms with Crippen LogP contribution in [0.4, 0.5) is 0 Å². The number of hydrogen-bond donors (Lipinski definition) is 2. The van der Waals surface area contributed by atoms with Crippen LogP contribution in [0.3, 0.4) is 0 Å². The highest BCUT2D eigenvalue weighted by Crippen LogP contribution is 2.13. The van der Waals surface area contributed by atoms with Crippen molar-refractivity contribution in [3.05, 3.63) is 21.9 Å². The zero-order valence-corrected chi connectivity index (χ0v) is 10.7. The van der Waals surface area contributed by atoms with E-state index >= 15 is 0 Å². The summed E-state index contributed by atoms with van der Waals surface area (Å²) < 4.78 is 0. The highest BCUT2D eigenvalue weighted by atomic mass is 32.2. The lowest BCUT2D eigenvalue weighted by Gasteiger charge is -2.23. The Kier molecular flexibility index (Phi) is 4.50. The van der Waals surface area contributed by atoms with Crippen LogP contribution in [-0.2, 0) is 6.54 Å². The zero-order valence-electron chi connectivity index (χ0n) is 9.08. The van der Waals surface area contributed by atoms with Crippen molar-refractivity contribution in [1.29, 1.82) is 0 Å². The van der Waals surface area contributed by atoms with E-state index in [0.717, 1.165) is 19.6 Å². The van der Waals surface area contributed by atoms with Gasteiger partial charge < -0.3 is 10.6 Å². The van der Waals surface area contributed by atoms with Crippen molar-refractivity contribution in [3.63, 3.8) is 0 Å². The van der Waals surface area contributed by atoms with Gasteiger partial charge in [-0.25, -0.2) is 0 Å². The Morgan fingerprint density at radius 3 is 3.13 bits per heavy atom. The van der Waals surface area contributed by atoms with E-state index in [1.54, 1.807) is 11.3 Å². The van der Waals surface area contributed by atoms with Gasteiger partial charge in [0.1, 0.15) is 0 Å². The first-order valence-electron chi connectivity index (χ1n) is 5.40. The van der Waals surface area contributed by atoms with E-state index in [1.807, 2.05) is 0 Å². The maximum absolute atomic E-state index is 3.53. The van der Waals surface area contributed by atoms with Gasteiger partial charge in [0.2, 0.25) is 0 Å². The second-order valence-electron chi connectivity index (χ2n) is 3.94. The van der Waals surface area contributed by atoms with Gasteiger partial charge in [0, 0.05) is 37.2 Å². The van der Waals surface area contributed by atoms with Crippen LogP contribution < -0.4 is 10.6 Å². The second kappa shape index (κ2) is 5.89. The Morgan fingerprint density at radius 2 is 2.47 bits per heavy atom. The molecule has 4 heteroatoms. The minimum Gasteiger partial charge on any atom is -0.311 e. The number of thioether (sulfide) groups is 1. The Labute approximate surface area is 99.8 Å². The van der Waals surface area contributed by atoms with Gasteiger partial charge in [-0.05, 0) is 28.8 Å². The molecular formula is C11H18N2S2. The van der Waals surface area contributed by atoms with Crippen molar-refractivity contribution < 1.29 is 0 Å². The third-order valence-corrected chi connectivity index (χ3v) is 4.71. The third kappa shape index (κ3) is 3.48. The van der Waals surface area contributed by atoms with Crippen molar-refractivity contribution >= 4 is 23.1 Å². The quantitative estimate of drug-likeness (QED) is 0.842. The van der Waals surface area contributed by atoms with Gasteiger partial charge in [-0.15, -0.1) is 0 Å². The molecule has 0 amide bonds. The summed E-state index contributed by atoms with van der Waals surface area (Å²) in [5.74, 6) is 2.51. The lowest BCUT2D eigenvalue weighted by atomic mass is 10.2. The first-order valence-corrected chi connectivity index (χ1v) is 7.49. The van der Waals surface area contributed by atoms with Crippen LogP contribution in [0.25, 0.3) is 0 Å². The first kappa shape index (κ1) is 11.5. The minimum atomic E-state index is 0.655. The van der Waals surface area contributed by atoms with Crippen molar-refractivity contribution in [3.8, 4) is 0 Å². The Morgan fingerprint density at radius 1 is 1.53 bits per heavy atom. The highest BCUT2D eigenvalue weighted by molar-refractivity contribution is 7.99. The molecule has 2 nitrogen and oxygen atoms in total. The molecule has 1 fully saturated rings. The molecule has 1 aliphatic rings. The summed E-state index contributed by atoms with van der Waals surface area (Å²) in [4.78, 5) is 0. The van der Waals surface area contributed by atoms with E-state index in [0.29, 0.717) is 6.04 Å². The molecule has 1 aromatic heterocycles. The Hall–Kier alpha value is -0.0300. The predicted molar refractivity (Wildman–Crippen MR) is 69.9 cm³/mol. The summed E-state index contributed by atoms with van der Waals surface area (Å²) in [6.07, 6.45) is 0. The van der Waals surface area contributed by atoms with Gasteiger partial charge >= 0.3 is 0 Å². The maximum atomic E-state index is 3.53. The number of nitrogens with one attached hydrogen (secondary N) is 2. The molecule has 1 aromatic rings. The number of rotatable bonds is 4. The van der Waals surface area contributed by atoms with Crippen molar-refractivity contribution in [2.75, 3.05) is 24.6 Å². The lowest BCUT2D eigenvalue weighted by Crippen LogP contribution is -2.44. The lowest BCUT2D eigenvalue weighted by molar-refractivity contribution is 0.513. The van der Waals surface area contributed by atoms with Crippen LogP contribution in [-0.4, -0.2) is 30.6 Å². The molecule has 0 saturated carbocycles. The van der Waals surface area contributed by atoms with Gasteiger partial charge in [-0.3, -0.25) is 0 Å². The fraction of sp³-hybridized carbons (Fsp3) is 0.636. The van der Waals surface area contributed by atoms with E-state index in [4.69, 9.17) is 0 Å². The van der Waals surface area contributed by atoms with Gasteiger partial charge in [0.05, 0.1) is 0 Å². The summed E-state index contributed by atoms with van der Waals surface area (Å²) in [6.45, 7) is 5.44. The smallest absolute Gasteiger partial charge is 0.0283 e. The van der Waals surface area contributed by atoms with Crippen LogP contribution >= 0.6 is 23.1 Å². The molecular weight excluding hydrogens is 224 g/mol. The van der Waals surface area contributed by atoms with Crippen LogP contribution in [0.1, 0.15) is 11.1 Å². The Bertz CT molecular complexity index is 293. The normalized spacial score (nSPS) is 21.8. The van der Waals surface area contributed by atoms with Crippen molar-refractivity contribution in [2.45, 2.75) is 19.5 Å². The summed E-state index contributed by atoms with van der Waals surface area (Å²) in [5.41, 5.74) is 2.86. The molecule has 1 saturated heterocycles. The standard InChI is InChI=1S/C11H18N2S2/c1-9-6-15-7-10(9)4-12-5-11-8-14-3-2-13-11/h6-7,11-13H,2-5,8H2,1H3. The molecule has 0 bridgehead atoms. The van der Waals surface area contributed by atoms with E-state index in [2.05, 4.69) is 40.1 Å². The average Bonchev–Trinajstić information content (AvgIpc) is 2.66. The summed E-state index contributed by atoms with van der Waals surface area (Å²) >= 11 is 3.85. The van der Waals surface area contributed by atoms with Crippen LogP contribution in [0.15, 0.2) is 10.8 Å². The fourth-order valence-corrected chi connectivity index (χ4v) is 3.51. The molecule has 2 N–H and O–H groups in total. The Balaban J connectivity index is 1.68. The molecule has 84 valence electrons. The number of aryl methyl sites for hydroxylation is 1. The fourth-order valence-electron chi connectivity index (χ4n) is 1.70. The maximum Gasteiger partial charge on any atom is 0.0283 e. The van der Waals surface area contributed by atoms with E-state index < -0.39 is 0 Å². The SMILES string of the molecule is Cc1cscc1CNCC1CSCCN1. The number of thiophene rings is 1. The second-order valence-corrected chi connectivity index (χ2v) is 5.83. The van der Waals surface area contributed by atoms with Crippen LogP contribution in [0.5, 0.6) is 0 Å². The summed E-state index contributed by atoms with van der Waals surface area (Å²) in [6, 6.07) is 0.655. The molecule has 1 aliphatic heterocycles. The van der Waals surface area contributed by atoms with Crippen LogP contribution in [0.2, 0.25) is 0 Å². The average molecular weight is 242 g/mol. The third-order valence-electron chi connectivity index (χ3n) is 2.67. The van der Waals surface area contributed by atoms with Crippen LogP contribution in [0, 0.1) is 6.92 Å². The topological polar surface area (TPSA) is 24.1 Å². The van der Waals surface area contributed by atoms with Gasteiger partial charge in [0.15, 0.2) is 0 Å². The molecule has 0 aromatic carbocycles. The monoisotopic (exact) mass is 242 g/mol. The van der Waals surface area contributed by atoms with Gasteiger partial charge in [0.25, 0.3) is 0 Å². The van der Waals surface area contributed by atoms with Crippen molar-refractivity contribution in [2.24, 2.45) is 0 Å². The molecule has 1 atom stereocenters. The van der Waals surface area contributed by atoms with Gasteiger partial charge in [-0.2, -0.15) is 23.1 Å². The van der Waals surface area contributed by atoms with E-state index in [9.17, 15) is 0 Å². The molecule has 2 heterocycles. The minimum absolute atomic E-state index is 0.655. The predicted octanol–water partition coefficient (Wildman–Crippen LogP) is 1.85. The van der Waals surface area contributed by atoms with E-state index in [-0.39, 0.29) is 0 Å². The molecule has 1 unspecified atom stereocenters. The van der Waals surface area contributed by atoms with E-state index in [1.165, 1.54) is 22.6 Å². The molecule has 0 aliphatic carbocycles. The van der Waals surface area contributed by atoms with Gasteiger partial charge in [-0.1, -0.05) is 0 Å². The molecule has 0 spiro atoms. The largest absolute Gasteiger partial charge is 0.311 e. The zero-order chi connectivity index (χ0) is 10.5. The summed E-state index contributed by atoms with van der Waals surface area (Å²) in [5, 5.41) is 11.5. The molecule has 2 rings (SSSR count). The number of hydrogen-bond acceptors (Lipinski definition) is 4. The summed E-state index contributed by atoms with van der Waals surface area (Å²) in [7, 11) is 0. The highest BCUT2D eigenvalue weighted by Gasteiger charge is 2.11. The first-order chi connectivity index (χ1) is 7.36. The molecule has 15 heavy (non-hydrogen) atoms. The van der Waals surface area contributed by atoms with Crippen molar-refractivity contribution in [1.82, 2.24) is 10.6 Å².